The van der Waals surface area contributed by atoms with Crippen molar-refractivity contribution in [2.75, 3.05) is 17.1 Å². The molecule has 1 aliphatic carbocycles. The first-order valence-electron chi connectivity index (χ1n) is 14.9. The highest BCUT2D eigenvalue weighted by Gasteiger charge is 2.34. The number of amides is 2. The molecule has 2 amide bonds. The minimum absolute atomic E-state index is 0.0730. The van der Waals surface area contributed by atoms with E-state index in [1.165, 1.54) is 4.31 Å². The SMILES string of the molecule is CCc1ccccc1N(CC(=O)N(Cc1ccccc1C)C(Cc1ccccc1)C(=O)NC1CCCCC1)S(C)(=O)=O. The van der Waals surface area contributed by atoms with Crippen molar-refractivity contribution in [3.8, 4) is 0 Å². The van der Waals surface area contributed by atoms with Crippen LogP contribution in [0.25, 0.3) is 0 Å². The van der Waals surface area contributed by atoms with Crippen molar-refractivity contribution < 1.29 is 18.0 Å². The zero-order valence-corrected chi connectivity index (χ0v) is 25.8. The number of aryl methyl sites for hydroxylation is 2. The van der Waals surface area contributed by atoms with Crippen molar-refractivity contribution in [1.82, 2.24) is 10.2 Å². The Morgan fingerprint density at radius 2 is 1.50 bits per heavy atom. The molecular formula is C34H43N3O4S. The Hall–Kier alpha value is -3.65. The van der Waals surface area contributed by atoms with Gasteiger partial charge in [-0.2, -0.15) is 0 Å². The molecule has 1 saturated carbocycles. The highest BCUT2D eigenvalue weighted by atomic mass is 32.2. The van der Waals surface area contributed by atoms with Gasteiger partial charge in [0.2, 0.25) is 21.8 Å². The number of carbonyl (C=O) groups is 2. The molecule has 0 bridgehead atoms. The second-order valence-corrected chi connectivity index (χ2v) is 13.2. The Morgan fingerprint density at radius 3 is 2.14 bits per heavy atom. The molecule has 1 atom stereocenters. The van der Waals surface area contributed by atoms with E-state index in [1.54, 1.807) is 17.0 Å². The van der Waals surface area contributed by atoms with Crippen LogP contribution in [0.4, 0.5) is 5.69 Å². The molecule has 3 aromatic rings. The zero-order valence-electron chi connectivity index (χ0n) is 25.0. The summed E-state index contributed by atoms with van der Waals surface area (Å²) in [6, 6.07) is 24.0. The molecule has 3 aromatic carbocycles. The number of hydrogen-bond donors (Lipinski definition) is 1. The summed E-state index contributed by atoms with van der Waals surface area (Å²) >= 11 is 0. The van der Waals surface area contributed by atoms with Crippen LogP contribution in [-0.4, -0.2) is 50.0 Å². The monoisotopic (exact) mass is 589 g/mol. The first-order chi connectivity index (χ1) is 20.2. The number of nitrogens with zero attached hydrogens (tertiary/aromatic N) is 2. The van der Waals surface area contributed by atoms with E-state index in [1.807, 2.05) is 80.6 Å². The summed E-state index contributed by atoms with van der Waals surface area (Å²) in [6.45, 7) is 3.72. The van der Waals surface area contributed by atoms with Gasteiger partial charge in [-0.25, -0.2) is 8.42 Å². The fraction of sp³-hybridized carbons (Fsp3) is 0.412. The predicted octanol–water partition coefficient (Wildman–Crippen LogP) is 5.41. The third-order valence-electron chi connectivity index (χ3n) is 8.15. The van der Waals surface area contributed by atoms with Gasteiger partial charge >= 0.3 is 0 Å². The van der Waals surface area contributed by atoms with Crippen LogP contribution in [0.2, 0.25) is 0 Å². The Bertz CT molecular complexity index is 1450. The molecule has 0 radical (unpaired) electrons. The van der Waals surface area contributed by atoms with Gasteiger partial charge in [-0.1, -0.05) is 99.0 Å². The summed E-state index contributed by atoms with van der Waals surface area (Å²) in [6.07, 6.45) is 7.20. The smallest absolute Gasteiger partial charge is 0.244 e. The Morgan fingerprint density at radius 1 is 0.881 bits per heavy atom. The van der Waals surface area contributed by atoms with E-state index in [2.05, 4.69) is 5.32 Å². The molecule has 1 aliphatic rings. The molecular weight excluding hydrogens is 546 g/mol. The van der Waals surface area contributed by atoms with Gasteiger partial charge < -0.3 is 10.2 Å². The minimum Gasteiger partial charge on any atom is -0.352 e. The quantitative estimate of drug-likeness (QED) is 0.306. The number of para-hydroxylation sites is 1. The molecule has 0 spiro atoms. The average Bonchev–Trinajstić information content (AvgIpc) is 2.99. The van der Waals surface area contributed by atoms with E-state index in [-0.39, 0.29) is 18.5 Å². The largest absolute Gasteiger partial charge is 0.352 e. The lowest BCUT2D eigenvalue weighted by Gasteiger charge is -2.35. The Labute approximate surface area is 251 Å². The number of rotatable bonds is 12. The van der Waals surface area contributed by atoms with Gasteiger partial charge in [-0.15, -0.1) is 0 Å². The van der Waals surface area contributed by atoms with E-state index in [9.17, 15) is 18.0 Å². The molecule has 1 N–H and O–H groups in total. The number of hydrogen-bond acceptors (Lipinski definition) is 4. The van der Waals surface area contributed by atoms with Crippen LogP contribution in [-0.2, 0) is 39.0 Å². The van der Waals surface area contributed by atoms with Gasteiger partial charge in [-0.3, -0.25) is 13.9 Å². The van der Waals surface area contributed by atoms with Gasteiger partial charge in [0.1, 0.15) is 12.6 Å². The van der Waals surface area contributed by atoms with Crippen molar-refractivity contribution in [2.45, 2.75) is 77.4 Å². The summed E-state index contributed by atoms with van der Waals surface area (Å²) in [5.41, 5.74) is 4.15. The maximum Gasteiger partial charge on any atom is 0.244 e. The maximum absolute atomic E-state index is 14.4. The van der Waals surface area contributed by atoms with Crippen LogP contribution in [0.5, 0.6) is 0 Å². The topological polar surface area (TPSA) is 86.8 Å². The highest BCUT2D eigenvalue weighted by Crippen LogP contribution is 2.25. The van der Waals surface area contributed by atoms with E-state index >= 15 is 0 Å². The summed E-state index contributed by atoms with van der Waals surface area (Å²) in [5.74, 6) is -0.623. The lowest BCUT2D eigenvalue weighted by Crippen LogP contribution is -2.55. The number of carbonyl (C=O) groups excluding carboxylic acids is 2. The molecule has 7 nitrogen and oxygen atoms in total. The second kappa shape index (κ2) is 14.5. The number of anilines is 1. The molecule has 4 rings (SSSR count). The van der Waals surface area contributed by atoms with Crippen LogP contribution in [0.1, 0.15) is 61.3 Å². The number of benzene rings is 3. The summed E-state index contributed by atoms with van der Waals surface area (Å²) in [7, 11) is -3.80. The van der Waals surface area contributed by atoms with Gasteiger partial charge in [0.05, 0.1) is 11.9 Å². The lowest BCUT2D eigenvalue weighted by atomic mass is 9.94. The lowest BCUT2D eigenvalue weighted by molar-refractivity contribution is -0.140. The first-order valence-corrected chi connectivity index (χ1v) is 16.8. The third kappa shape index (κ3) is 8.22. The summed E-state index contributed by atoms with van der Waals surface area (Å²) in [4.78, 5) is 30.0. The highest BCUT2D eigenvalue weighted by molar-refractivity contribution is 7.92. The minimum atomic E-state index is -3.80. The molecule has 0 aliphatic heterocycles. The number of sulfonamides is 1. The van der Waals surface area contributed by atoms with E-state index in [0.29, 0.717) is 18.5 Å². The van der Waals surface area contributed by atoms with Crippen molar-refractivity contribution in [1.29, 1.82) is 0 Å². The van der Waals surface area contributed by atoms with Crippen LogP contribution in [0.3, 0.4) is 0 Å². The summed E-state index contributed by atoms with van der Waals surface area (Å²) < 4.78 is 27.4. The fourth-order valence-electron chi connectivity index (χ4n) is 5.72. The number of nitrogens with one attached hydrogen (secondary N) is 1. The molecule has 224 valence electrons. The van der Waals surface area contributed by atoms with Crippen molar-refractivity contribution in [3.05, 3.63) is 101 Å². The van der Waals surface area contributed by atoms with Gasteiger partial charge in [0.25, 0.3) is 0 Å². The Kier molecular flexibility index (Phi) is 10.8. The van der Waals surface area contributed by atoms with E-state index in [4.69, 9.17) is 0 Å². The van der Waals surface area contributed by atoms with E-state index < -0.39 is 28.5 Å². The van der Waals surface area contributed by atoms with Crippen LogP contribution >= 0.6 is 0 Å². The van der Waals surface area contributed by atoms with Crippen molar-refractivity contribution in [2.24, 2.45) is 0 Å². The molecule has 42 heavy (non-hydrogen) atoms. The standard InChI is InChI=1S/C34H43N3O4S/c1-4-28-18-13-14-22-31(28)37(42(3,40)41)25-33(38)36(24-29-19-12-11-15-26(29)2)32(23-27-16-7-5-8-17-27)34(39)35-30-20-9-6-10-21-30/h5,7-8,11-19,22,30,32H,4,6,9-10,20-21,23-25H2,1-3H3,(H,35,39). The summed E-state index contributed by atoms with van der Waals surface area (Å²) in [5, 5.41) is 3.24. The second-order valence-electron chi connectivity index (χ2n) is 11.2. The maximum atomic E-state index is 14.4. The zero-order chi connectivity index (χ0) is 30.1. The molecule has 0 saturated heterocycles. The third-order valence-corrected chi connectivity index (χ3v) is 9.27. The molecule has 1 unspecified atom stereocenters. The van der Waals surface area contributed by atoms with Crippen molar-refractivity contribution in [3.63, 3.8) is 0 Å². The Balaban J connectivity index is 1.75. The molecule has 0 heterocycles. The average molecular weight is 590 g/mol. The molecule has 1 fully saturated rings. The van der Waals surface area contributed by atoms with Gasteiger partial charge in [0, 0.05) is 19.0 Å². The van der Waals surface area contributed by atoms with Crippen molar-refractivity contribution >= 4 is 27.5 Å². The predicted molar refractivity (Wildman–Crippen MR) is 169 cm³/mol. The van der Waals surface area contributed by atoms with E-state index in [0.717, 1.165) is 60.6 Å². The van der Waals surface area contributed by atoms with Crippen LogP contribution in [0.15, 0.2) is 78.9 Å². The van der Waals surface area contributed by atoms with Gasteiger partial charge in [0.15, 0.2) is 0 Å². The van der Waals surface area contributed by atoms with Crippen LogP contribution < -0.4 is 9.62 Å². The first kappa shape index (κ1) is 31.3. The van der Waals surface area contributed by atoms with Gasteiger partial charge in [-0.05, 0) is 54.5 Å². The normalized spacial score (nSPS) is 14.6. The molecule has 0 aromatic heterocycles. The van der Waals surface area contributed by atoms with Crippen LogP contribution in [0, 0.1) is 6.92 Å². The fourth-order valence-corrected chi connectivity index (χ4v) is 6.60. The molecule has 8 heteroatoms.